The topological polar surface area (TPSA) is 124 Å². The lowest BCUT2D eigenvalue weighted by Gasteiger charge is -2.13. The van der Waals surface area contributed by atoms with Crippen LogP contribution in [0.2, 0.25) is 0 Å². The van der Waals surface area contributed by atoms with E-state index in [-0.39, 0.29) is 11.1 Å². The lowest BCUT2D eigenvalue weighted by molar-refractivity contribution is 0.0686. The number of benzene rings is 3. The number of carboxylic acid groups (broad SMARTS) is 2. The van der Waals surface area contributed by atoms with Gasteiger partial charge in [0.2, 0.25) is 0 Å². The van der Waals surface area contributed by atoms with Crippen LogP contribution >= 0.6 is 0 Å². The first-order valence-electron chi connectivity index (χ1n) is 7.92. The van der Waals surface area contributed by atoms with E-state index in [1.54, 1.807) is 36.4 Å². The Balaban J connectivity index is 2.14. The highest BCUT2D eigenvalue weighted by Crippen LogP contribution is 2.36. The number of nitrogens with zero attached hydrogens (tertiary/aromatic N) is 1. The normalized spacial score (nSPS) is 10.2. The van der Waals surface area contributed by atoms with Crippen molar-refractivity contribution in [3.05, 3.63) is 77.4 Å². The van der Waals surface area contributed by atoms with Crippen molar-refractivity contribution in [2.24, 2.45) is 0 Å². The van der Waals surface area contributed by atoms with Crippen molar-refractivity contribution in [3.8, 4) is 28.3 Å². The summed E-state index contributed by atoms with van der Waals surface area (Å²) in [6, 6.07) is 17.8. The van der Waals surface area contributed by atoms with Crippen molar-refractivity contribution in [2.75, 3.05) is 5.73 Å². The molecule has 0 fully saturated rings. The predicted octanol–water partition coefficient (Wildman–Crippen LogP) is 3.87. The van der Waals surface area contributed by atoms with Crippen LogP contribution in [0.4, 0.5) is 5.69 Å². The van der Waals surface area contributed by atoms with Crippen molar-refractivity contribution in [3.63, 3.8) is 0 Å². The van der Waals surface area contributed by atoms with E-state index in [0.717, 1.165) is 0 Å². The molecule has 0 aromatic heterocycles. The number of hydrogen-bond donors (Lipinski definition) is 3. The second kappa shape index (κ2) is 7.02. The third kappa shape index (κ3) is 3.48. The van der Waals surface area contributed by atoms with Gasteiger partial charge in [-0.25, -0.2) is 9.59 Å². The highest BCUT2D eigenvalue weighted by Gasteiger charge is 2.13. The number of carboxylic acids is 2. The number of carbonyl (C=O) groups is 2. The van der Waals surface area contributed by atoms with Gasteiger partial charge in [-0.2, -0.15) is 5.26 Å². The average Bonchev–Trinajstić information content (AvgIpc) is 2.68. The molecule has 0 aliphatic heterocycles. The fourth-order valence-electron chi connectivity index (χ4n) is 2.78. The Bertz CT molecular complexity index is 1000. The standard InChI is InChI=1S/C21H14N2O4/c22-11-12-9-17(13-1-5-15(6-2-13)20(24)25)19(23)18(10-12)14-3-7-16(8-4-14)21(26)27/h1-10H,23H2,(H,24,25)(H,26,27). The molecule has 0 bridgehead atoms. The molecule has 0 heterocycles. The van der Waals surface area contributed by atoms with Crippen molar-refractivity contribution in [1.82, 2.24) is 0 Å². The van der Waals surface area contributed by atoms with Crippen LogP contribution in [0.25, 0.3) is 22.3 Å². The third-order valence-corrected chi connectivity index (χ3v) is 4.19. The van der Waals surface area contributed by atoms with Gasteiger partial charge in [0.05, 0.1) is 22.8 Å². The molecule has 27 heavy (non-hydrogen) atoms. The molecule has 3 aromatic carbocycles. The fourth-order valence-corrected chi connectivity index (χ4v) is 2.78. The van der Waals surface area contributed by atoms with Crippen LogP contribution in [0.15, 0.2) is 60.7 Å². The summed E-state index contributed by atoms with van der Waals surface area (Å²) in [6.45, 7) is 0. The Labute approximate surface area is 154 Å². The summed E-state index contributed by atoms with van der Waals surface area (Å²) < 4.78 is 0. The lowest BCUT2D eigenvalue weighted by atomic mass is 9.93. The van der Waals surface area contributed by atoms with Crippen LogP contribution in [0, 0.1) is 11.3 Å². The van der Waals surface area contributed by atoms with Crippen LogP contribution in [-0.2, 0) is 0 Å². The maximum absolute atomic E-state index is 11.0. The summed E-state index contributed by atoms with van der Waals surface area (Å²) in [4.78, 5) is 22.0. The van der Waals surface area contributed by atoms with Crippen molar-refractivity contribution < 1.29 is 19.8 Å². The summed E-state index contributed by atoms with van der Waals surface area (Å²) in [7, 11) is 0. The monoisotopic (exact) mass is 358 g/mol. The number of anilines is 1. The van der Waals surface area contributed by atoms with Gasteiger partial charge < -0.3 is 15.9 Å². The second-order valence-electron chi connectivity index (χ2n) is 5.86. The molecular weight excluding hydrogens is 344 g/mol. The first kappa shape index (κ1) is 17.7. The number of hydrogen-bond acceptors (Lipinski definition) is 4. The van der Waals surface area contributed by atoms with E-state index in [1.165, 1.54) is 24.3 Å². The Morgan fingerprint density at radius 1 is 0.778 bits per heavy atom. The minimum Gasteiger partial charge on any atom is -0.478 e. The molecule has 3 aromatic rings. The highest BCUT2D eigenvalue weighted by atomic mass is 16.4. The highest BCUT2D eigenvalue weighted by molar-refractivity contribution is 5.93. The van der Waals surface area contributed by atoms with Crippen molar-refractivity contribution in [2.45, 2.75) is 0 Å². The first-order chi connectivity index (χ1) is 12.9. The Kier molecular flexibility index (Phi) is 4.60. The number of nitriles is 1. The van der Waals surface area contributed by atoms with Crippen molar-refractivity contribution in [1.29, 1.82) is 5.26 Å². The molecule has 0 saturated heterocycles. The molecule has 0 amide bonds. The molecule has 0 spiro atoms. The van der Waals surface area contributed by atoms with Gasteiger partial charge in [-0.3, -0.25) is 0 Å². The SMILES string of the molecule is N#Cc1cc(-c2ccc(C(=O)O)cc2)c(N)c(-c2ccc(C(=O)O)cc2)c1. The smallest absolute Gasteiger partial charge is 0.335 e. The van der Waals surface area contributed by atoms with Gasteiger partial charge in [0.1, 0.15) is 0 Å². The summed E-state index contributed by atoms with van der Waals surface area (Å²) in [6.07, 6.45) is 0. The molecule has 4 N–H and O–H groups in total. The number of aromatic carboxylic acids is 2. The summed E-state index contributed by atoms with van der Waals surface area (Å²) in [5, 5.41) is 27.4. The van der Waals surface area contributed by atoms with Crippen LogP contribution in [0.3, 0.4) is 0 Å². The van der Waals surface area contributed by atoms with Gasteiger partial charge in [0.25, 0.3) is 0 Å². The van der Waals surface area contributed by atoms with Gasteiger partial charge in [-0.15, -0.1) is 0 Å². The van der Waals surface area contributed by atoms with Gasteiger partial charge in [-0.05, 0) is 47.5 Å². The van der Waals surface area contributed by atoms with E-state index in [0.29, 0.717) is 33.5 Å². The quantitative estimate of drug-likeness (QED) is 0.608. The second-order valence-corrected chi connectivity index (χ2v) is 5.86. The molecule has 132 valence electrons. The lowest BCUT2D eigenvalue weighted by Crippen LogP contribution is -1.99. The van der Waals surface area contributed by atoms with E-state index in [1.807, 2.05) is 0 Å². The molecule has 3 rings (SSSR count). The molecule has 0 atom stereocenters. The fraction of sp³-hybridized carbons (Fsp3) is 0. The molecular formula is C21H14N2O4. The summed E-state index contributed by atoms with van der Waals surface area (Å²) in [5.41, 5.74) is 9.99. The van der Waals surface area contributed by atoms with E-state index >= 15 is 0 Å². The zero-order valence-electron chi connectivity index (χ0n) is 14.0. The Morgan fingerprint density at radius 3 is 1.44 bits per heavy atom. The average molecular weight is 358 g/mol. The number of nitrogen functional groups attached to an aromatic ring is 1. The Morgan fingerprint density at radius 2 is 1.15 bits per heavy atom. The van der Waals surface area contributed by atoms with Crippen LogP contribution in [0.1, 0.15) is 26.3 Å². The van der Waals surface area contributed by atoms with Crippen molar-refractivity contribution >= 4 is 17.6 Å². The minimum atomic E-state index is -1.03. The molecule has 0 saturated carbocycles. The van der Waals surface area contributed by atoms with Crippen LogP contribution in [0.5, 0.6) is 0 Å². The van der Waals surface area contributed by atoms with Gasteiger partial charge in [0, 0.05) is 16.8 Å². The molecule has 6 heteroatoms. The predicted molar refractivity (Wildman–Crippen MR) is 100 cm³/mol. The van der Waals surface area contributed by atoms with E-state index in [2.05, 4.69) is 6.07 Å². The maximum atomic E-state index is 11.0. The van der Waals surface area contributed by atoms with Gasteiger partial charge in [-0.1, -0.05) is 24.3 Å². The number of nitrogens with two attached hydrogens (primary N) is 1. The summed E-state index contributed by atoms with van der Waals surface area (Å²) >= 11 is 0. The minimum absolute atomic E-state index is 0.151. The van der Waals surface area contributed by atoms with Gasteiger partial charge >= 0.3 is 11.9 Å². The Hall–Kier alpha value is -4.11. The zero-order chi connectivity index (χ0) is 19.6. The zero-order valence-corrected chi connectivity index (χ0v) is 14.0. The maximum Gasteiger partial charge on any atom is 0.335 e. The molecule has 0 aliphatic carbocycles. The van der Waals surface area contributed by atoms with Crippen LogP contribution in [-0.4, -0.2) is 22.2 Å². The first-order valence-corrected chi connectivity index (χ1v) is 7.92. The van der Waals surface area contributed by atoms with E-state index in [4.69, 9.17) is 15.9 Å². The molecule has 0 radical (unpaired) electrons. The molecule has 6 nitrogen and oxygen atoms in total. The molecule has 0 unspecified atom stereocenters. The third-order valence-electron chi connectivity index (χ3n) is 4.19. The number of rotatable bonds is 4. The van der Waals surface area contributed by atoms with E-state index in [9.17, 15) is 14.9 Å². The molecule has 0 aliphatic rings. The van der Waals surface area contributed by atoms with Gasteiger partial charge in [0.15, 0.2) is 0 Å². The summed E-state index contributed by atoms with van der Waals surface area (Å²) in [5.74, 6) is -2.06. The van der Waals surface area contributed by atoms with E-state index < -0.39 is 11.9 Å². The largest absolute Gasteiger partial charge is 0.478 e. The van der Waals surface area contributed by atoms with Crippen LogP contribution < -0.4 is 5.73 Å².